The van der Waals surface area contributed by atoms with E-state index in [1.165, 1.54) is 12.1 Å². The molecule has 0 aliphatic rings. The van der Waals surface area contributed by atoms with Crippen LogP contribution in [0.1, 0.15) is 11.5 Å². The van der Waals surface area contributed by atoms with Crippen LogP contribution in [0.2, 0.25) is 5.02 Å². The third-order valence-corrected chi connectivity index (χ3v) is 3.17. The van der Waals surface area contributed by atoms with Crippen LogP contribution in [0.5, 0.6) is 0 Å². The van der Waals surface area contributed by atoms with Gasteiger partial charge in [-0.3, -0.25) is 0 Å². The van der Waals surface area contributed by atoms with Crippen molar-refractivity contribution in [3.05, 3.63) is 51.1 Å². The number of nitrogens with one attached hydrogen (secondary N) is 1. The molecule has 1 aromatic carbocycles. The van der Waals surface area contributed by atoms with E-state index < -0.39 is 0 Å². The summed E-state index contributed by atoms with van der Waals surface area (Å²) in [6, 6.07) is 6.40. The fraction of sp³-hybridized carbons (Fsp3) is 0.167. The van der Waals surface area contributed by atoms with E-state index in [9.17, 15) is 4.39 Å². The van der Waals surface area contributed by atoms with Gasteiger partial charge in [-0.1, -0.05) is 11.6 Å². The maximum Gasteiger partial charge on any atom is 0.125 e. The Morgan fingerprint density at radius 1 is 1.41 bits per heavy atom. The Morgan fingerprint density at radius 3 is 2.76 bits per heavy atom. The van der Waals surface area contributed by atoms with Crippen molar-refractivity contribution in [1.29, 1.82) is 0 Å². The van der Waals surface area contributed by atoms with E-state index in [1.807, 2.05) is 19.1 Å². The average Bonchev–Trinajstić information content (AvgIpc) is 2.62. The van der Waals surface area contributed by atoms with Crippen molar-refractivity contribution < 1.29 is 8.81 Å². The lowest BCUT2D eigenvalue weighted by Gasteiger charge is -2.09. The molecule has 1 heterocycles. The third-order valence-electron chi connectivity index (χ3n) is 2.24. The van der Waals surface area contributed by atoms with E-state index >= 15 is 0 Å². The zero-order valence-electron chi connectivity index (χ0n) is 9.06. The third kappa shape index (κ3) is 3.01. The van der Waals surface area contributed by atoms with Crippen molar-refractivity contribution in [2.24, 2.45) is 0 Å². The van der Waals surface area contributed by atoms with Crippen LogP contribution in [-0.2, 0) is 6.54 Å². The van der Waals surface area contributed by atoms with Gasteiger partial charge in [-0.2, -0.15) is 0 Å². The van der Waals surface area contributed by atoms with Gasteiger partial charge in [0.05, 0.1) is 17.3 Å². The molecule has 0 spiro atoms. The Morgan fingerprint density at radius 2 is 2.18 bits per heavy atom. The largest absolute Gasteiger partial charge is 0.465 e. The minimum absolute atomic E-state index is 0.333. The van der Waals surface area contributed by atoms with Gasteiger partial charge in [0.15, 0.2) is 0 Å². The van der Waals surface area contributed by atoms with Crippen molar-refractivity contribution >= 4 is 33.2 Å². The molecule has 0 atom stereocenters. The number of furan rings is 1. The monoisotopic (exact) mass is 317 g/mol. The van der Waals surface area contributed by atoms with Crippen molar-refractivity contribution in [2.45, 2.75) is 13.5 Å². The number of hydrogen-bond acceptors (Lipinski definition) is 2. The van der Waals surface area contributed by atoms with Crippen LogP contribution >= 0.6 is 27.5 Å². The van der Waals surface area contributed by atoms with E-state index in [0.717, 1.165) is 11.5 Å². The molecule has 1 aromatic heterocycles. The van der Waals surface area contributed by atoms with E-state index in [0.29, 0.717) is 21.7 Å². The lowest BCUT2D eigenvalue weighted by molar-refractivity contribution is 0.490. The Balaban J connectivity index is 2.14. The summed E-state index contributed by atoms with van der Waals surface area (Å²) in [4.78, 5) is 0. The Bertz CT molecular complexity index is 518. The van der Waals surface area contributed by atoms with Gasteiger partial charge in [0.25, 0.3) is 0 Å². The van der Waals surface area contributed by atoms with Gasteiger partial charge in [-0.05, 0) is 47.1 Å². The van der Waals surface area contributed by atoms with Gasteiger partial charge in [0.2, 0.25) is 0 Å². The highest BCUT2D eigenvalue weighted by atomic mass is 79.9. The quantitative estimate of drug-likeness (QED) is 0.883. The van der Waals surface area contributed by atoms with Gasteiger partial charge in [-0.15, -0.1) is 0 Å². The average molecular weight is 319 g/mol. The van der Waals surface area contributed by atoms with Crippen LogP contribution in [0.3, 0.4) is 0 Å². The molecule has 0 aliphatic heterocycles. The molecule has 0 radical (unpaired) electrons. The molecule has 0 unspecified atom stereocenters. The molecule has 17 heavy (non-hydrogen) atoms. The molecule has 2 rings (SSSR count). The first-order valence-corrected chi connectivity index (χ1v) is 6.17. The molecule has 5 heteroatoms. The summed E-state index contributed by atoms with van der Waals surface area (Å²) in [6.45, 7) is 2.38. The SMILES string of the molecule is Cc1ccc(CNc2c(Cl)cc(F)cc2Br)o1. The molecule has 0 bridgehead atoms. The van der Waals surface area contributed by atoms with Gasteiger partial charge in [-0.25, -0.2) is 4.39 Å². The van der Waals surface area contributed by atoms with Crippen molar-refractivity contribution in [1.82, 2.24) is 0 Å². The summed E-state index contributed by atoms with van der Waals surface area (Å²) in [5, 5.41) is 3.43. The van der Waals surface area contributed by atoms with Gasteiger partial charge >= 0.3 is 0 Å². The molecule has 2 nitrogen and oxygen atoms in total. The molecule has 0 saturated heterocycles. The lowest BCUT2D eigenvalue weighted by atomic mass is 10.3. The molecular weight excluding hydrogens is 308 g/mol. The van der Waals surface area contributed by atoms with E-state index in [2.05, 4.69) is 21.2 Å². The number of hydrogen-bond donors (Lipinski definition) is 1. The van der Waals surface area contributed by atoms with Crippen LogP contribution in [0.25, 0.3) is 0 Å². The van der Waals surface area contributed by atoms with Gasteiger partial charge < -0.3 is 9.73 Å². The van der Waals surface area contributed by atoms with Crippen LogP contribution in [0.15, 0.2) is 33.2 Å². The minimum atomic E-state index is -0.374. The van der Waals surface area contributed by atoms with Crippen LogP contribution in [0.4, 0.5) is 10.1 Å². The highest BCUT2D eigenvalue weighted by molar-refractivity contribution is 9.10. The number of aryl methyl sites for hydroxylation is 1. The summed E-state index contributed by atoms with van der Waals surface area (Å²) in [6.07, 6.45) is 0. The van der Waals surface area contributed by atoms with E-state index in [4.69, 9.17) is 16.0 Å². The fourth-order valence-corrected chi connectivity index (χ4v) is 2.43. The molecule has 0 saturated carbocycles. The maximum absolute atomic E-state index is 13.0. The molecule has 90 valence electrons. The summed E-state index contributed by atoms with van der Waals surface area (Å²) in [5.41, 5.74) is 0.655. The molecule has 0 amide bonds. The zero-order valence-corrected chi connectivity index (χ0v) is 11.4. The number of anilines is 1. The lowest BCUT2D eigenvalue weighted by Crippen LogP contribution is -2.00. The van der Waals surface area contributed by atoms with Crippen molar-refractivity contribution in [3.63, 3.8) is 0 Å². The predicted molar refractivity (Wildman–Crippen MR) is 69.9 cm³/mol. The first-order chi connectivity index (χ1) is 8.06. The number of rotatable bonds is 3. The number of halogens is 3. The summed E-state index contributed by atoms with van der Waals surface area (Å²) < 4.78 is 19.0. The zero-order chi connectivity index (χ0) is 12.4. The second-order valence-electron chi connectivity index (χ2n) is 3.61. The normalized spacial score (nSPS) is 10.6. The second kappa shape index (κ2) is 5.10. The van der Waals surface area contributed by atoms with Crippen LogP contribution < -0.4 is 5.32 Å². The molecular formula is C12H10BrClFNO. The highest BCUT2D eigenvalue weighted by Crippen LogP contribution is 2.32. The van der Waals surface area contributed by atoms with Crippen LogP contribution in [0, 0.1) is 12.7 Å². The maximum atomic E-state index is 13.0. The summed E-state index contributed by atoms with van der Waals surface area (Å²) in [7, 11) is 0. The molecule has 0 fully saturated rings. The first kappa shape index (κ1) is 12.5. The fourth-order valence-electron chi connectivity index (χ4n) is 1.47. The predicted octanol–water partition coefficient (Wildman–Crippen LogP) is 4.76. The van der Waals surface area contributed by atoms with Crippen molar-refractivity contribution in [3.8, 4) is 0 Å². The van der Waals surface area contributed by atoms with E-state index in [1.54, 1.807) is 0 Å². The van der Waals surface area contributed by atoms with Gasteiger partial charge in [0, 0.05) is 4.47 Å². The smallest absolute Gasteiger partial charge is 0.125 e. The number of benzene rings is 1. The van der Waals surface area contributed by atoms with Gasteiger partial charge in [0.1, 0.15) is 17.3 Å². The summed E-state index contributed by atoms with van der Waals surface area (Å²) in [5.74, 6) is 1.28. The standard InChI is InChI=1S/C12H10BrClFNO/c1-7-2-3-9(17-7)6-16-12-10(13)4-8(15)5-11(12)14/h2-5,16H,6H2,1H3. The topological polar surface area (TPSA) is 25.2 Å². The molecule has 1 N–H and O–H groups in total. The Hall–Kier alpha value is -1.000. The Labute approximate surface area is 112 Å². The summed E-state index contributed by atoms with van der Waals surface area (Å²) >= 11 is 9.20. The Kier molecular flexibility index (Phi) is 3.74. The molecule has 2 aromatic rings. The van der Waals surface area contributed by atoms with Crippen LogP contribution in [-0.4, -0.2) is 0 Å². The van der Waals surface area contributed by atoms with E-state index in [-0.39, 0.29) is 5.82 Å². The first-order valence-electron chi connectivity index (χ1n) is 5.00. The molecule has 0 aliphatic carbocycles. The van der Waals surface area contributed by atoms with Crippen molar-refractivity contribution in [2.75, 3.05) is 5.32 Å². The minimum Gasteiger partial charge on any atom is -0.465 e. The highest BCUT2D eigenvalue weighted by Gasteiger charge is 2.08. The second-order valence-corrected chi connectivity index (χ2v) is 4.87.